The fraction of sp³-hybridized carbons (Fsp3) is 0.406. The normalized spacial score (nSPS) is 27.8. The van der Waals surface area contributed by atoms with Crippen molar-refractivity contribution in [1.29, 1.82) is 0 Å². The first-order chi connectivity index (χ1) is 15.3. The van der Waals surface area contributed by atoms with Crippen molar-refractivity contribution in [3.63, 3.8) is 0 Å². The smallest absolute Gasteiger partial charge is 0.358 e. The van der Waals surface area contributed by atoms with E-state index in [2.05, 4.69) is 79.6 Å². The van der Waals surface area contributed by atoms with Crippen LogP contribution in [0.4, 0.5) is 0 Å². The van der Waals surface area contributed by atoms with Crippen molar-refractivity contribution in [3.05, 3.63) is 104 Å². The van der Waals surface area contributed by atoms with Crippen LogP contribution in [0.2, 0.25) is 0 Å². The molecule has 4 bridgehead atoms. The largest absolute Gasteiger partial charge is 4.00 e. The van der Waals surface area contributed by atoms with Crippen LogP contribution in [0.25, 0.3) is 11.1 Å². The van der Waals surface area contributed by atoms with E-state index in [0.29, 0.717) is 0 Å². The molecule has 33 heavy (non-hydrogen) atoms. The SMILES string of the molecule is [C-]1=C(c2ccccc2)C(c2ccccc2)=CC1.[CH-]1CC2CCC1C2.[CH-]1CC2CCC1C2.[CH3-].[Zr+4]. The molecule has 4 saturated carbocycles. The minimum atomic E-state index is 0. The van der Waals surface area contributed by atoms with E-state index in [1.165, 1.54) is 73.6 Å². The molecule has 0 aromatic heterocycles. The van der Waals surface area contributed by atoms with Crippen LogP contribution in [-0.2, 0) is 26.2 Å². The number of allylic oxidation sites excluding steroid dienone is 4. The molecule has 170 valence electrons. The maximum atomic E-state index is 3.45. The van der Waals surface area contributed by atoms with E-state index in [1.807, 2.05) is 6.07 Å². The Morgan fingerprint density at radius 1 is 0.667 bits per heavy atom. The summed E-state index contributed by atoms with van der Waals surface area (Å²) in [7, 11) is 0. The van der Waals surface area contributed by atoms with Gasteiger partial charge < -0.3 is 20.3 Å². The van der Waals surface area contributed by atoms with Gasteiger partial charge in [0.1, 0.15) is 0 Å². The van der Waals surface area contributed by atoms with Gasteiger partial charge in [0.05, 0.1) is 0 Å². The maximum absolute atomic E-state index is 3.45. The van der Waals surface area contributed by atoms with Crippen molar-refractivity contribution in [2.45, 2.75) is 57.8 Å². The molecule has 5 aliphatic carbocycles. The van der Waals surface area contributed by atoms with Gasteiger partial charge in [-0.2, -0.15) is 36.3 Å². The number of hydrogen-bond donors (Lipinski definition) is 0. The van der Waals surface area contributed by atoms with E-state index >= 15 is 0 Å². The Morgan fingerprint density at radius 2 is 1.18 bits per heavy atom. The summed E-state index contributed by atoms with van der Waals surface area (Å²) in [6.07, 6.45) is 23.6. The van der Waals surface area contributed by atoms with E-state index in [4.69, 9.17) is 0 Å². The van der Waals surface area contributed by atoms with Crippen molar-refractivity contribution in [2.75, 3.05) is 0 Å². The summed E-state index contributed by atoms with van der Waals surface area (Å²) in [5.74, 6) is 4.32. The second-order valence-electron chi connectivity index (χ2n) is 9.93. The molecule has 4 fully saturated rings. The van der Waals surface area contributed by atoms with Crippen LogP contribution < -0.4 is 0 Å². The van der Waals surface area contributed by atoms with E-state index < -0.39 is 0 Å². The molecule has 0 heterocycles. The molecule has 0 spiro atoms. The molecule has 0 N–H and O–H groups in total. The molecule has 2 aromatic carbocycles. The Labute approximate surface area is 222 Å². The summed E-state index contributed by atoms with van der Waals surface area (Å²) in [6, 6.07) is 21.0. The van der Waals surface area contributed by atoms with Gasteiger partial charge in [-0.1, -0.05) is 111 Å². The number of hydrogen-bond acceptors (Lipinski definition) is 0. The average Bonchev–Trinajstić information content (AvgIpc) is 3.68. The molecule has 4 unspecified atom stereocenters. The van der Waals surface area contributed by atoms with Gasteiger partial charge in [-0.15, -0.1) is 29.3 Å². The molecule has 0 saturated heterocycles. The number of benzene rings is 2. The number of rotatable bonds is 2. The van der Waals surface area contributed by atoms with E-state index in [0.717, 1.165) is 30.1 Å². The molecule has 0 nitrogen and oxygen atoms in total. The molecule has 5 aliphatic rings. The first kappa shape index (κ1) is 26.4. The standard InChI is InChI=1S/C17H13.2C7H11.CH3.Zr/c1-3-8-14(9-4-1)16-12-7-13-17(16)15-10-5-2-6-11-15;2*1-2-7-4-3-6(1)5-7;;/h1-6,8-12H,7H2;2*1,6-7H,2-5H2;1H3;/q4*-1;+4. The van der Waals surface area contributed by atoms with Crippen LogP contribution in [0.15, 0.2) is 66.7 Å². The summed E-state index contributed by atoms with van der Waals surface area (Å²) >= 11 is 0. The predicted octanol–water partition coefficient (Wildman–Crippen LogP) is 8.83. The van der Waals surface area contributed by atoms with Gasteiger partial charge in [-0.3, -0.25) is 0 Å². The van der Waals surface area contributed by atoms with E-state index in [-0.39, 0.29) is 33.6 Å². The Kier molecular flexibility index (Phi) is 10.4. The first-order valence-electron chi connectivity index (χ1n) is 12.4. The van der Waals surface area contributed by atoms with Gasteiger partial charge in [-0.25, -0.2) is 0 Å². The summed E-state index contributed by atoms with van der Waals surface area (Å²) in [6.45, 7) is 0. The fourth-order valence-corrected chi connectivity index (χ4v) is 6.05. The molecule has 1 heteroatoms. The van der Waals surface area contributed by atoms with Crippen LogP contribution in [0.5, 0.6) is 0 Å². The van der Waals surface area contributed by atoms with Crippen molar-refractivity contribution >= 4 is 11.1 Å². The zero-order chi connectivity index (χ0) is 20.9. The van der Waals surface area contributed by atoms with Crippen molar-refractivity contribution in [2.24, 2.45) is 23.7 Å². The summed E-state index contributed by atoms with van der Waals surface area (Å²) < 4.78 is 0. The van der Waals surface area contributed by atoms with Gasteiger partial charge in [0.25, 0.3) is 0 Å². The molecule has 4 atom stereocenters. The average molecular weight is 514 g/mol. The topological polar surface area (TPSA) is 0 Å². The molecule has 7 rings (SSSR count). The molecule has 0 amide bonds. The summed E-state index contributed by atoms with van der Waals surface area (Å²) in [5.41, 5.74) is 5.06. The van der Waals surface area contributed by atoms with Gasteiger partial charge in [0.15, 0.2) is 0 Å². The van der Waals surface area contributed by atoms with Crippen molar-refractivity contribution in [1.82, 2.24) is 0 Å². The molecular formula is C32H38Zr. The Morgan fingerprint density at radius 3 is 1.55 bits per heavy atom. The van der Waals surface area contributed by atoms with E-state index in [9.17, 15) is 0 Å². The minimum Gasteiger partial charge on any atom is -0.358 e. The zero-order valence-corrected chi connectivity index (χ0v) is 22.6. The van der Waals surface area contributed by atoms with Gasteiger partial charge in [0.2, 0.25) is 0 Å². The van der Waals surface area contributed by atoms with Crippen molar-refractivity contribution < 1.29 is 26.2 Å². The summed E-state index contributed by atoms with van der Waals surface area (Å²) in [4.78, 5) is 0. The molecule has 2 aromatic rings. The van der Waals surface area contributed by atoms with E-state index in [1.54, 1.807) is 0 Å². The van der Waals surface area contributed by atoms with Crippen LogP contribution in [0.1, 0.15) is 68.9 Å². The third kappa shape index (κ3) is 6.91. The van der Waals surface area contributed by atoms with Crippen LogP contribution in [0.3, 0.4) is 0 Å². The second-order valence-corrected chi connectivity index (χ2v) is 9.93. The molecule has 0 aliphatic heterocycles. The first-order valence-corrected chi connectivity index (χ1v) is 12.4. The summed E-state index contributed by atoms with van der Waals surface area (Å²) in [5, 5.41) is 0. The fourth-order valence-electron chi connectivity index (χ4n) is 6.05. The Balaban J connectivity index is 0.000000158. The Bertz CT molecular complexity index is 783. The maximum Gasteiger partial charge on any atom is 4.00 e. The van der Waals surface area contributed by atoms with Crippen molar-refractivity contribution in [3.8, 4) is 0 Å². The third-order valence-electron chi connectivity index (χ3n) is 7.77. The quantitative estimate of drug-likeness (QED) is 0.352. The Hall–Kier alpha value is -1.20. The number of fused-ring (bicyclic) bond motifs is 4. The zero-order valence-electron chi connectivity index (χ0n) is 20.2. The van der Waals surface area contributed by atoms with Crippen LogP contribution in [-0.4, -0.2) is 0 Å². The van der Waals surface area contributed by atoms with Gasteiger partial charge in [0, 0.05) is 0 Å². The second kappa shape index (κ2) is 13.0. The predicted molar refractivity (Wildman–Crippen MR) is 138 cm³/mol. The van der Waals surface area contributed by atoms with Crippen LogP contribution in [0, 0.1) is 50.0 Å². The monoisotopic (exact) mass is 512 g/mol. The van der Waals surface area contributed by atoms with Gasteiger partial charge in [-0.05, 0) is 0 Å². The van der Waals surface area contributed by atoms with Crippen LogP contribution >= 0.6 is 0 Å². The van der Waals surface area contributed by atoms with Gasteiger partial charge >= 0.3 is 26.2 Å². The third-order valence-corrected chi connectivity index (χ3v) is 7.77. The minimum absolute atomic E-state index is 0. The molecule has 0 radical (unpaired) electrons. The molecular weight excluding hydrogens is 476 g/mol.